The summed E-state index contributed by atoms with van der Waals surface area (Å²) in [6.07, 6.45) is 2.00. The third-order valence-corrected chi connectivity index (χ3v) is 4.62. The van der Waals surface area contributed by atoms with E-state index in [4.69, 9.17) is 18.4 Å². The molecule has 0 unspecified atom stereocenters. The number of ether oxygens (including phenoxy) is 2. The van der Waals surface area contributed by atoms with Crippen molar-refractivity contribution in [2.45, 2.75) is 19.4 Å². The first-order valence-corrected chi connectivity index (χ1v) is 9.23. The van der Waals surface area contributed by atoms with Crippen molar-refractivity contribution in [1.29, 1.82) is 0 Å². The highest BCUT2D eigenvalue weighted by atomic mass is 16.6. The van der Waals surface area contributed by atoms with Crippen LogP contribution in [0.2, 0.25) is 0 Å². The van der Waals surface area contributed by atoms with Crippen LogP contribution in [0.25, 0.3) is 0 Å². The fraction of sp³-hybridized carbons (Fsp3) is 0.238. The van der Waals surface area contributed by atoms with Gasteiger partial charge in [-0.3, -0.25) is 4.79 Å². The molecule has 0 saturated carbocycles. The molecule has 1 aromatic carbocycles. The second-order valence-corrected chi connectivity index (χ2v) is 6.66. The first kappa shape index (κ1) is 19.4. The normalized spacial score (nSPS) is 15.7. The van der Waals surface area contributed by atoms with Gasteiger partial charge in [-0.1, -0.05) is 5.16 Å². The van der Waals surface area contributed by atoms with Crippen LogP contribution in [-0.2, 0) is 9.53 Å². The van der Waals surface area contributed by atoms with Gasteiger partial charge in [-0.05, 0) is 48.9 Å². The minimum atomic E-state index is -0.767. The standard InChI is InChI=1S/C21H19N3O6/c1-13-10-19(30-23-13)21(26)29-12-20(25)24-17(18-4-3-9-28-18)11-16(22-24)14-5-7-15(27-2)8-6-14/h3-10,17H,11-12H2,1-2H3/t17-/m0/s1. The number of carbonyl (C=O) groups excluding carboxylic acids is 2. The van der Waals surface area contributed by atoms with E-state index in [1.807, 2.05) is 24.3 Å². The number of carbonyl (C=O) groups is 2. The fourth-order valence-corrected chi connectivity index (χ4v) is 3.13. The molecule has 1 atom stereocenters. The van der Waals surface area contributed by atoms with Gasteiger partial charge in [0.1, 0.15) is 17.6 Å². The van der Waals surface area contributed by atoms with Crippen LogP contribution in [0.4, 0.5) is 0 Å². The quantitative estimate of drug-likeness (QED) is 0.576. The van der Waals surface area contributed by atoms with Crippen molar-refractivity contribution < 1.29 is 28.0 Å². The van der Waals surface area contributed by atoms with E-state index in [2.05, 4.69) is 10.3 Å². The molecule has 0 spiro atoms. The van der Waals surface area contributed by atoms with Crippen molar-refractivity contribution in [2.75, 3.05) is 13.7 Å². The van der Waals surface area contributed by atoms with Crippen LogP contribution in [0.5, 0.6) is 5.75 Å². The average molecular weight is 409 g/mol. The highest BCUT2D eigenvalue weighted by molar-refractivity contribution is 6.03. The van der Waals surface area contributed by atoms with Crippen molar-refractivity contribution in [2.24, 2.45) is 5.10 Å². The molecule has 0 fully saturated rings. The van der Waals surface area contributed by atoms with Crippen molar-refractivity contribution in [3.63, 3.8) is 0 Å². The molecule has 4 rings (SSSR count). The monoisotopic (exact) mass is 409 g/mol. The number of amides is 1. The molecule has 1 amide bonds. The van der Waals surface area contributed by atoms with Gasteiger partial charge >= 0.3 is 5.97 Å². The van der Waals surface area contributed by atoms with Crippen molar-refractivity contribution in [1.82, 2.24) is 10.2 Å². The lowest BCUT2D eigenvalue weighted by atomic mass is 10.0. The zero-order valence-corrected chi connectivity index (χ0v) is 16.4. The smallest absolute Gasteiger partial charge is 0.377 e. The maximum Gasteiger partial charge on any atom is 0.377 e. The predicted octanol–water partition coefficient (Wildman–Crippen LogP) is 3.12. The zero-order valence-electron chi connectivity index (χ0n) is 16.4. The molecule has 1 aliphatic rings. The molecule has 3 aromatic rings. The van der Waals surface area contributed by atoms with Gasteiger partial charge in [0.15, 0.2) is 6.61 Å². The molecule has 154 valence electrons. The average Bonchev–Trinajstić information content (AvgIpc) is 3.51. The van der Waals surface area contributed by atoms with Crippen LogP contribution in [0.15, 0.2) is 62.8 Å². The third-order valence-electron chi connectivity index (χ3n) is 4.62. The molecular weight excluding hydrogens is 390 g/mol. The van der Waals surface area contributed by atoms with Crippen molar-refractivity contribution in [3.05, 3.63) is 71.5 Å². The first-order valence-electron chi connectivity index (χ1n) is 9.23. The number of furan rings is 1. The van der Waals surface area contributed by atoms with E-state index < -0.39 is 24.5 Å². The molecule has 9 nitrogen and oxygen atoms in total. The molecule has 3 heterocycles. The first-order chi connectivity index (χ1) is 14.5. The Hall–Kier alpha value is -3.88. The highest BCUT2D eigenvalue weighted by Crippen LogP contribution is 2.33. The largest absolute Gasteiger partial charge is 0.497 e. The molecular formula is C21H19N3O6. The summed E-state index contributed by atoms with van der Waals surface area (Å²) in [6, 6.07) is 11.9. The summed E-state index contributed by atoms with van der Waals surface area (Å²) >= 11 is 0. The second-order valence-electron chi connectivity index (χ2n) is 6.66. The Morgan fingerprint density at radius 1 is 1.23 bits per heavy atom. The van der Waals surface area contributed by atoms with Gasteiger partial charge in [-0.2, -0.15) is 5.10 Å². The number of aryl methyl sites for hydroxylation is 1. The number of benzene rings is 1. The van der Waals surface area contributed by atoms with Crippen molar-refractivity contribution in [3.8, 4) is 5.75 Å². The Morgan fingerprint density at radius 2 is 2.03 bits per heavy atom. The number of nitrogens with zero attached hydrogens (tertiary/aromatic N) is 3. The van der Waals surface area contributed by atoms with Crippen molar-refractivity contribution >= 4 is 17.6 Å². The predicted molar refractivity (Wildman–Crippen MR) is 104 cm³/mol. The Morgan fingerprint density at radius 3 is 2.67 bits per heavy atom. The van der Waals surface area contributed by atoms with E-state index in [9.17, 15) is 9.59 Å². The van der Waals surface area contributed by atoms with E-state index in [1.165, 1.54) is 17.3 Å². The van der Waals surface area contributed by atoms with E-state index >= 15 is 0 Å². The van der Waals surface area contributed by atoms with Crippen LogP contribution in [0, 0.1) is 6.92 Å². The molecule has 0 bridgehead atoms. The number of esters is 1. The van der Waals surface area contributed by atoms with Gasteiger partial charge in [-0.15, -0.1) is 0 Å². The van der Waals surface area contributed by atoms with Gasteiger partial charge in [0.2, 0.25) is 5.76 Å². The lowest BCUT2D eigenvalue weighted by molar-refractivity contribution is -0.136. The van der Waals surface area contributed by atoms with Crippen LogP contribution in [-0.4, -0.2) is 41.5 Å². The Kier molecular flexibility index (Phi) is 5.34. The van der Waals surface area contributed by atoms with Gasteiger partial charge in [0.05, 0.1) is 24.8 Å². The molecule has 0 N–H and O–H groups in total. The summed E-state index contributed by atoms with van der Waals surface area (Å²) in [5.41, 5.74) is 2.11. The number of aromatic nitrogens is 1. The Balaban J connectivity index is 1.51. The van der Waals surface area contributed by atoms with Gasteiger partial charge < -0.3 is 18.4 Å². The summed E-state index contributed by atoms with van der Waals surface area (Å²) in [4.78, 5) is 24.8. The second kappa shape index (κ2) is 8.24. The highest BCUT2D eigenvalue weighted by Gasteiger charge is 2.35. The molecule has 0 radical (unpaired) electrons. The zero-order chi connectivity index (χ0) is 21.1. The summed E-state index contributed by atoms with van der Waals surface area (Å²) < 4.78 is 20.6. The van der Waals surface area contributed by atoms with Gasteiger partial charge in [0, 0.05) is 12.5 Å². The van der Waals surface area contributed by atoms with Crippen LogP contribution >= 0.6 is 0 Å². The summed E-state index contributed by atoms with van der Waals surface area (Å²) in [7, 11) is 1.59. The molecule has 1 aliphatic heterocycles. The molecule has 30 heavy (non-hydrogen) atoms. The molecule has 2 aromatic heterocycles. The summed E-state index contributed by atoms with van der Waals surface area (Å²) in [5, 5.41) is 9.40. The number of methoxy groups -OCH3 is 1. The topological polar surface area (TPSA) is 107 Å². The van der Waals surface area contributed by atoms with Gasteiger partial charge in [-0.25, -0.2) is 9.80 Å². The van der Waals surface area contributed by atoms with E-state index in [-0.39, 0.29) is 5.76 Å². The number of hydrogen-bond acceptors (Lipinski definition) is 8. The van der Waals surface area contributed by atoms with E-state index in [0.717, 1.165) is 11.3 Å². The minimum Gasteiger partial charge on any atom is -0.497 e. The van der Waals surface area contributed by atoms with Gasteiger partial charge in [0.25, 0.3) is 5.91 Å². The fourth-order valence-electron chi connectivity index (χ4n) is 3.13. The lowest BCUT2D eigenvalue weighted by Crippen LogP contribution is -2.31. The number of rotatable bonds is 6. The summed E-state index contributed by atoms with van der Waals surface area (Å²) in [5.74, 6) is 0.00325. The maximum absolute atomic E-state index is 12.8. The Bertz CT molecular complexity index is 1070. The molecule has 0 aliphatic carbocycles. The van der Waals surface area contributed by atoms with E-state index in [1.54, 1.807) is 26.2 Å². The maximum atomic E-state index is 12.8. The third kappa shape index (κ3) is 3.95. The van der Waals surface area contributed by atoms with Crippen LogP contribution in [0.1, 0.15) is 40.0 Å². The lowest BCUT2D eigenvalue weighted by Gasteiger charge is -2.19. The molecule has 9 heteroatoms. The SMILES string of the molecule is COc1ccc(C2=NN(C(=O)COC(=O)c3cc(C)no3)[C@H](c3ccco3)C2)cc1. The number of hydrogen-bond donors (Lipinski definition) is 0. The van der Waals surface area contributed by atoms with E-state index in [0.29, 0.717) is 23.6 Å². The van der Waals surface area contributed by atoms with Crippen LogP contribution < -0.4 is 4.74 Å². The Labute approximate surface area is 171 Å². The molecule has 0 saturated heterocycles. The minimum absolute atomic E-state index is 0.0632. The summed E-state index contributed by atoms with van der Waals surface area (Å²) in [6.45, 7) is 1.19. The number of hydrazone groups is 1. The van der Waals surface area contributed by atoms with Crippen LogP contribution in [0.3, 0.4) is 0 Å².